The summed E-state index contributed by atoms with van der Waals surface area (Å²) in [7, 11) is 0. The minimum Gasteiger partial charge on any atom is -0.480 e. The fourth-order valence-electron chi connectivity index (χ4n) is 1.15. The van der Waals surface area contributed by atoms with Crippen LogP contribution >= 0.6 is 35.0 Å². The van der Waals surface area contributed by atoms with E-state index in [0.29, 0.717) is 18.8 Å². The first-order chi connectivity index (χ1) is 7.58. The second-order valence-electron chi connectivity index (χ2n) is 3.18. The number of carboxylic acids is 1. The van der Waals surface area contributed by atoms with E-state index in [-0.39, 0.29) is 12.0 Å². The third-order valence-electron chi connectivity index (χ3n) is 1.76. The number of alkyl halides is 1. The van der Waals surface area contributed by atoms with Crippen molar-refractivity contribution in [3.8, 4) is 0 Å². The molecule has 6 heteroatoms. The van der Waals surface area contributed by atoms with E-state index < -0.39 is 5.97 Å². The van der Waals surface area contributed by atoms with Crippen LogP contribution < -0.4 is 0 Å². The van der Waals surface area contributed by atoms with Gasteiger partial charge in [0.05, 0.1) is 12.0 Å². The van der Waals surface area contributed by atoms with E-state index >= 15 is 0 Å². The van der Waals surface area contributed by atoms with Crippen LogP contribution in [0.3, 0.4) is 0 Å². The molecule has 1 atom stereocenters. The van der Waals surface area contributed by atoms with Crippen LogP contribution in [0.5, 0.6) is 0 Å². The molecule has 0 saturated carbocycles. The number of hydrogen-bond donors (Lipinski definition) is 1. The van der Waals surface area contributed by atoms with Crippen molar-refractivity contribution in [1.29, 1.82) is 0 Å². The first kappa shape index (κ1) is 13.9. The van der Waals surface area contributed by atoms with E-state index in [2.05, 4.69) is 0 Å². The van der Waals surface area contributed by atoms with Crippen LogP contribution in [-0.2, 0) is 9.53 Å². The number of allylic oxidation sites excluding steroid dienone is 3. The molecule has 0 heterocycles. The number of hydrogen-bond acceptors (Lipinski definition) is 3. The average Bonchev–Trinajstić information content (AvgIpc) is 2.15. The Morgan fingerprint density at radius 1 is 1.69 bits per heavy atom. The number of thioether (sulfide) groups is 1. The second kappa shape index (κ2) is 7.22. The largest absolute Gasteiger partial charge is 0.480 e. The molecule has 0 saturated heterocycles. The molecule has 16 heavy (non-hydrogen) atoms. The van der Waals surface area contributed by atoms with Crippen molar-refractivity contribution < 1.29 is 14.6 Å². The van der Waals surface area contributed by atoms with E-state index in [9.17, 15) is 4.79 Å². The average molecular weight is 283 g/mol. The van der Waals surface area contributed by atoms with Crippen LogP contribution in [0.4, 0.5) is 0 Å². The van der Waals surface area contributed by atoms with Gasteiger partial charge in [-0.2, -0.15) is 0 Å². The molecule has 0 spiro atoms. The normalized spacial score (nSPS) is 20.2. The van der Waals surface area contributed by atoms with Crippen molar-refractivity contribution in [3.63, 3.8) is 0 Å². The number of ether oxygens (including phenoxy) is 1. The van der Waals surface area contributed by atoms with Crippen LogP contribution in [0.1, 0.15) is 6.42 Å². The maximum Gasteiger partial charge on any atom is 0.329 e. The summed E-state index contributed by atoms with van der Waals surface area (Å²) in [6.45, 7) is 0.140. The maximum atomic E-state index is 10.2. The van der Waals surface area contributed by atoms with Gasteiger partial charge in [0, 0.05) is 22.1 Å². The predicted molar refractivity (Wildman–Crippen MR) is 67.2 cm³/mol. The zero-order chi connectivity index (χ0) is 12.0. The Labute approximate surface area is 108 Å². The lowest BCUT2D eigenvalue weighted by atomic mass is 10.2. The highest BCUT2D eigenvalue weighted by Gasteiger charge is 2.11. The molecule has 1 unspecified atom stereocenters. The van der Waals surface area contributed by atoms with Crippen molar-refractivity contribution in [1.82, 2.24) is 0 Å². The summed E-state index contributed by atoms with van der Waals surface area (Å²) < 4.78 is 4.91. The predicted octanol–water partition coefficient (Wildman–Crippen LogP) is 2.84. The zero-order valence-electron chi connectivity index (χ0n) is 8.49. The molecule has 0 aromatic heterocycles. The van der Waals surface area contributed by atoms with Crippen molar-refractivity contribution in [2.75, 3.05) is 19.0 Å². The Bertz CT molecular complexity index is 315. The number of carbonyl (C=O) groups is 1. The van der Waals surface area contributed by atoms with Crippen LogP contribution in [0.25, 0.3) is 0 Å². The van der Waals surface area contributed by atoms with Crippen molar-refractivity contribution in [2.24, 2.45) is 0 Å². The smallest absolute Gasteiger partial charge is 0.329 e. The fourth-order valence-corrected chi connectivity index (χ4v) is 2.88. The van der Waals surface area contributed by atoms with E-state index in [1.807, 2.05) is 12.2 Å². The molecule has 0 aliphatic heterocycles. The van der Waals surface area contributed by atoms with Gasteiger partial charge in [0.2, 0.25) is 0 Å². The Kier molecular flexibility index (Phi) is 6.28. The molecular weight excluding hydrogens is 271 g/mol. The minimum absolute atomic E-state index is 0.0556. The van der Waals surface area contributed by atoms with Crippen molar-refractivity contribution in [3.05, 3.63) is 22.1 Å². The Balaban J connectivity index is 2.20. The Morgan fingerprint density at radius 2 is 2.44 bits per heavy atom. The molecule has 0 aromatic carbocycles. The first-order valence-corrected chi connectivity index (χ1v) is 6.52. The highest BCUT2D eigenvalue weighted by atomic mass is 35.5. The van der Waals surface area contributed by atoms with Gasteiger partial charge in [0.1, 0.15) is 6.61 Å². The number of carboxylic acid groups (broad SMARTS) is 1. The summed E-state index contributed by atoms with van der Waals surface area (Å²) in [5.74, 6) is -0.269. The lowest BCUT2D eigenvalue weighted by Crippen LogP contribution is -2.09. The van der Waals surface area contributed by atoms with Gasteiger partial charge < -0.3 is 9.84 Å². The van der Waals surface area contributed by atoms with Gasteiger partial charge in [-0.1, -0.05) is 17.7 Å². The number of rotatable bonds is 6. The number of halogens is 2. The summed E-state index contributed by atoms with van der Waals surface area (Å²) >= 11 is 13.4. The Hall–Kier alpha value is -0.160. The van der Waals surface area contributed by atoms with Crippen molar-refractivity contribution >= 4 is 40.9 Å². The van der Waals surface area contributed by atoms with Gasteiger partial charge in [-0.15, -0.1) is 23.4 Å². The van der Waals surface area contributed by atoms with Gasteiger partial charge in [0.15, 0.2) is 0 Å². The van der Waals surface area contributed by atoms with Crippen LogP contribution in [0, 0.1) is 0 Å². The quantitative estimate of drug-likeness (QED) is 0.601. The van der Waals surface area contributed by atoms with Crippen LogP contribution in [0.15, 0.2) is 22.1 Å². The minimum atomic E-state index is -0.953. The highest BCUT2D eigenvalue weighted by Crippen LogP contribution is 2.30. The third-order valence-corrected chi connectivity index (χ3v) is 3.26. The molecule has 0 fully saturated rings. The maximum absolute atomic E-state index is 10.2. The summed E-state index contributed by atoms with van der Waals surface area (Å²) in [4.78, 5) is 11.2. The molecule has 1 rings (SSSR count). The molecule has 0 bridgehead atoms. The van der Waals surface area contributed by atoms with Gasteiger partial charge in [0.25, 0.3) is 0 Å². The molecule has 90 valence electrons. The van der Waals surface area contributed by atoms with E-state index in [0.717, 1.165) is 9.94 Å². The molecular formula is C10H12Cl2O3S. The van der Waals surface area contributed by atoms with Gasteiger partial charge in [-0.05, 0) is 6.08 Å². The monoisotopic (exact) mass is 282 g/mol. The summed E-state index contributed by atoms with van der Waals surface area (Å²) in [5.41, 5.74) is 0. The van der Waals surface area contributed by atoms with E-state index in [1.54, 1.807) is 11.8 Å². The van der Waals surface area contributed by atoms with Crippen LogP contribution in [-0.4, -0.2) is 35.4 Å². The summed E-state index contributed by atoms with van der Waals surface area (Å²) in [6, 6.07) is 0. The van der Waals surface area contributed by atoms with Crippen LogP contribution in [0.2, 0.25) is 0 Å². The van der Waals surface area contributed by atoms with Gasteiger partial charge >= 0.3 is 5.97 Å². The van der Waals surface area contributed by atoms with Crippen molar-refractivity contribution in [2.45, 2.75) is 11.8 Å². The standard InChI is InChI=1S/C10H12Cl2O3S/c11-7-3-8(12)5-9(4-7)16-2-1-15-6-10(13)14/h4-5,7H,1-3,6H2,(H,13,14). The molecule has 1 aliphatic rings. The molecule has 3 nitrogen and oxygen atoms in total. The molecule has 0 amide bonds. The third kappa shape index (κ3) is 5.80. The fraction of sp³-hybridized carbons (Fsp3) is 0.500. The van der Waals surface area contributed by atoms with Gasteiger partial charge in [-0.25, -0.2) is 4.79 Å². The van der Waals surface area contributed by atoms with E-state index in [4.69, 9.17) is 33.0 Å². The number of aliphatic carboxylic acids is 1. The SMILES string of the molecule is O=C(O)COCCSC1=CC(Cl)CC(Cl)=C1. The lowest BCUT2D eigenvalue weighted by molar-refractivity contribution is -0.141. The molecule has 0 radical (unpaired) electrons. The molecule has 0 aromatic rings. The Morgan fingerprint density at radius 3 is 3.06 bits per heavy atom. The molecule has 1 N–H and O–H groups in total. The summed E-state index contributed by atoms with van der Waals surface area (Å²) in [6.07, 6.45) is 4.49. The second-order valence-corrected chi connectivity index (χ2v) is 5.39. The van der Waals surface area contributed by atoms with Gasteiger partial charge in [-0.3, -0.25) is 0 Å². The molecule has 1 aliphatic carbocycles. The zero-order valence-corrected chi connectivity index (χ0v) is 10.8. The first-order valence-electron chi connectivity index (χ1n) is 4.72. The highest BCUT2D eigenvalue weighted by molar-refractivity contribution is 8.03. The summed E-state index contributed by atoms with van der Waals surface area (Å²) in [5, 5.41) is 9.03. The lowest BCUT2D eigenvalue weighted by Gasteiger charge is -2.13. The van der Waals surface area contributed by atoms with E-state index in [1.165, 1.54) is 0 Å². The topological polar surface area (TPSA) is 46.5 Å².